The molecule has 0 atom stereocenters. The first kappa shape index (κ1) is 18.6. The van der Waals surface area contributed by atoms with Crippen LogP contribution in [-0.2, 0) is 16.6 Å². The molecule has 0 saturated heterocycles. The van der Waals surface area contributed by atoms with E-state index in [4.69, 9.17) is 9.88 Å². The van der Waals surface area contributed by atoms with Crippen LogP contribution >= 0.6 is 11.8 Å². The largest absolute Gasteiger partial charge is 0.496 e. The third-order valence-corrected chi connectivity index (χ3v) is 5.18. The van der Waals surface area contributed by atoms with Crippen molar-refractivity contribution in [3.8, 4) is 5.75 Å². The maximum atomic E-state index is 11.9. The van der Waals surface area contributed by atoms with E-state index in [2.05, 4.69) is 0 Å². The molecule has 0 aliphatic heterocycles. The van der Waals surface area contributed by atoms with Crippen molar-refractivity contribution in [1.82, 2.24) is 0 Å². The van der Waals surface area contributed by atoms with Crippen molar-refractivity contribution in [3.05, 3.63) is 54.1 Å². The zero-order chi connectivity index (χ0) is 17.6. The number of thioether (sulfide) groups is 1. The van der Waals surface area contributed by atoms with E-state index in [9.17, 15) is 8.42 Å². The lowest BCUT2D eigenvalue weighted by molar-refractivity contribution is 0.409. The number of benzene rings is 2. The van der Waals surface area contributed by atoms with Crippen molar-refractivity contribution in [2.45, 2.75) is 11.4 Å². The van der Waals surface area contributed by atoms with E-state index >= 15 is 0 Å². The van der Waals surface area contributed by atoms with Gasteiger partial charge in [-0.05, 0) is 24.5 Å². The van der Waals surface area contributed by atoms with Crippen molar-refractivity contribution in [3.63, 3.8) is 0 Å². The summed E-state index contributed by atoms with van der Waals surface area (Å²) in [5.74, 6) is 1.65. The minimum Gasteiger partial charge on any atom is -0.496 e. The topological polar surface area (TPSA) is 72.6 Å². The number of hydrogen-bond acceptors (Lipinski definition) is 5. The summed E-state index contributed by atoms with van der Waals surface area (Å²) in [6.07, 6.45) is 2.02. The molecule has 24 heavy (non-hydrogen) atoms. The summed E-state index contributed by atoms with van der Waals surface area (Å²) in [5.41, 5.74) is 1.60. The van der Waals surface area contributed by atoms with Gasteiger partial charge in [0, 0.05) is 24.4 Å². The summed E-state index contributed by atoms with van der Waals surface area (Å²) in [4.78, 5) is 2.16. The molecule has 0 aliphatic carbocycles. The fraction of sp³-hybridized carbons (Fsp3) is 0.294. The molecule has 2 N–H and O–H groups in total. The Balaban J connectivity index is 2.43. The number of nitrogens with zero attached hydrogens (tertiary/aromatic N) is 1. The Labute approximate surface area is 147 Å². The van der Waals surface area contributed by atoms with E-state index in [-0.39, 0.29) is 4.90 Å². The molecule has 0 aromatic heterocycles. The monoisotopic (exact) mass is 366 g/mol. The van der Waals surface area contributed by atoms with Crippen molar-refractivity contribution < 1.29 is 13.2 Å². The Morgan fingerprint density at radius 3 is 2.46 bits per heavy atom. The van der Waals surface area contributed by atoms with Gasteiger partial charge in [-0.25, -0.2) is 13.6 Å². The van der Waals surface area contributed by atoms with Crippen LogP contribution in [0.3, 0.4) is 0 Å². The Kier molecular flexibility index (Phi) is 6.53. The summed E-state index contributed by atoms with van der Waals surface area (Å²) in [7, 11) is -2.16. The average Bonchev–Trinajstić information content (AvgIpc) is 2.58. The summed E-state index contributed by atoms with van der Waals surface area (Å²) < 4.78 is 29.3. The fourth-order valence-corrected chi connectivity index (χ4v) is 3.64. The predicted octanol–water partition coefficient (Wildman–Crippen LogP) is 2.71. The Morgan fingerprint density at radius 2 is 1.79 bits per heavy atom. The molecule has 0 radical (unpaired) electrons. The lowest BCUT2D eigenvalue weighted by atomic mass is 10.1. The first-order chi connectivity index (χ1) is 11.5. The highest BCUT2D eigenvalue weighted by Gasteiger charge is 2.19. The maximum Gasteiger partial charge on any atom is 0.240 e. The molecule has 0 heterocycles. The zero-order valence-corrected chi connectivity index (χ0v) is 15.4. The summed E-state index contributed by atoms with van der Waals surface area (Å²) in [6, 6.07) is 14.5. The smallest absolute Gasteiger partial charge is 0.240 e. The van der Waals surface area contributed by atoms with Gasteiger partial charge in [-0.2, -0.15) is 11.8 Å². The van der Waals surface area contributed by atoms with E-state index < -0.39 is 10.0 Å². The van der Waals surface area contributed by atoms with E-state index in [1.807, 2.05) is 41.5 Å². The number of rotatable bonds is 8. The quantitative estimate of drug-likeness (QED) is 0.778. The molecule has 2 rings (SSSR count). The van der Waals surface area contributed by atoms with Gasteiger partial charge in [0.2, 0.25) is 10.0 Å². The van der Waals surface area contributed by atoms with Gasteiger partial charge in [-0.15, -0.1) is 0 Å². The fourth-order valence-electron chi connectivity index (χ4n) is 2.48. The maximum absolute atomic E-state index is 11.9. The Bertz CT molecular complexity index is 779. The van der Waals surface area contributed by atoms with Gasteiger partial charge in [-0.1, -0.05) is 30.3 Å². The Morgan fingerprint density at radius 1 is 1.12 bits per heavy atom. The second-order valence-electron chi connectivity index (χ2n) is 5.24. The van der Waals surface area contributed by atoms with Crippen molar-refractivity contribution in [2.24, 2.45) is 5.14 Å². The third kappa shape index (κ3) is 4.66. The van der Waals surface area contributed by atoms with Gasteiger partial charge in [0.1, 0.15) is 10.6 Å². The minimum atomic E-state index is -3.79. The molecule has 0 spiro atoms. The van der Waals surface area contributed by atoms with Crippen molar-refractivity contribution >= 4 is 27.5 Å². The highest BCUT2D eigenvalue weighted by atomic mass is 32.2. The number of primary sulfonamides is 1. The van der Waals surface area contributed by atoms with E-state index in [1.54, 1.807) is 37.1 Å². The van der Waals surface area contributed by atoms with Gasteiger partial charge in [0.05, 0.1) is 12.8 Å². The van der Waals surface area contributed by atoms with Crippen LogP contribution in [0, 0.1) is 0 Å². The number of anilines is 1. The molecular weight excluding hydrogens is 344 g/mol. The van der Waals surface area contributed by atoms with Crippen LogP contribution < -0.4 is 14.8 Å². The van der Waals surface area contributed by atoms with Crippen LogP contribution in [0.2, 0.25) is 0 Å². The van der Waals surface area contributed by atoms with Gasteiger partial charge in [0.25, 0.3) is 0 Å². The molecule has 2 aromatic carbocycles. The molecular formula is C17H22N2O3S2. The molecule has 0 aliphatic rings. The molecule has 2 aromatic rings. The summed E-state index contributed by atoms with van der Waals surface area (Å²) in [5, 5.41) is 5.39. The number of sulfonamides is 1. The van der Waals surface area contributed by atoms with Gasteiger partial charge in [-0.3, -0.25) is 0 Å². The SMILES string of the molecule is COc1ccccc1CN(CCSC)c1ccccc1S(N)(=O)=O. The van der Waals surface area contributed by atoms with Crippen molar-refractivity contribution in [2.75, 3.05) is 30.6 Å². The highest BCUT2D eigenvalue weighted by Crippen LogP contribution is 2.28. The van der Waals surface area contributed by atoms with Crippen LogP contribution in [-0.4, -0.2) is 34.1 Å². The van der Waals surface area contributed by atoms with Crippen LogP contribution in [0.15, 0.2) is 53.4 Å². The van der Waals surface area contributed by atoms with Crippen LogP contribution in [0.4, 0.5) is 5.69 Å². The van der Waals surface area contributed by atoms with E-state index in [0.29, 0.717) is 18.8 Å². The average molecular weight is 367 g/mol. The van der Waals surface area contributed by atoms with E-state index in [1.165, 1.54) is 0 Å². The Hall–Kier alpha value is -1.70. The lowest BCUT2D eigenvalue weighted by Crippen LogP contribution is -2.28. The predicted molar refractivity (Wildman–Crippen MR) is 100 cm³/mol. The lowest BCUT2D eigenvalue weighted by Gasteiger charge is -2.27. The number of hydrogen-bond donors (Lipinski definition) is 1. The van der Waals surface area contributed by atoms with Crippen LogP contribution in [0.5, 0.6) is 5.75 Å². The standard InChI is InChI=1S/C17H22N2O3S2/c1-22-16-9-5-3-7-14(16)13-19(11-12-23-2)15-8-4-6-10-17(15)24(18,20)21/h3-10H,11-13H2,1-2H3,(H2,18,20,21). The third-order valence-electron chi connectivity index (χ3n) is 3.63. The second-order valence-corrected chi connectivity index (χ2v) is 7.75. The van der Waals surface area contributed by atoms with E-state index in [0.717, 1.165) is 17.1 Å². The summed E-state index contributed by atoms with van der Waals surface area (Å²) in [6.45, 7) is 1.24. The van der Waals surface area contributed by atoms with Crippen molar-refractivity contribution in [1.29, 1.82) is 0 Å². The summed E-state index contributed by atoms with van der Waals surface area (Å²) >= 11 is 1.70. The van der Waals surface area contributed by atoms with Crippen LogP contribution in [0.1, 0.15) is 5.56 Å². The van der Waals surface area contributed by atoms with Crippen LogP contribution in [0.25, 0.3) is 0 Å². The minimum absolute atomic E-state index is 0.140. The molecule has 130 valence electrons. The zero-order valence-electron chi connectivity index (χ0n) is 13.8. The molecule has 7 heteroatoms. The van der Waals surface area contributed by atoms with Gasteiger partial charge >= 0.3 is 0 Å². The highest BCUT2D eigenvalue weighted by molar-refractivity contribution is 7.98. The first-order valence-corrected chi connectivity index (χ1v) is 10.4. The molecule has 0 unspecified atom stereocenters. The van der Waals surface area contributed by atoms with Gasteiger partial charge < -0.3 is 9.64 Å². The molecule has 0 saturated carbocycles. The molecule has 0 bridgehead atoms. The number of methoxy groups -OCH3 is 1. The van der Waals surface area contributed by atoms with Gasteiger partial charge in [0.15, 0.2) is 0 Å². The second kappa shape index (κ2) is 8.41. The number of ether oxygens (including phenoxy) is 1. The molecule has 5 nitrogen and oxygen atoms in total. The number of para-hydroxylation sites is 2. The normalized spacial score (nSPS) is 11.3. The number of nitrogens with two attached hydrogens (primary N) is 1. The molecule has 0 fully saturated rings. The molecule has 0 amide bonds. The first-order valence-electron chi connectivity index (χ1n) is 7.45.